The van der Waals surface area contributed by atoms with Gasteiger partial charge in [0.1, 0.15) is 5.52 Å². The van der Waals surface area contributed by atoms with Gasteiger partial charge in [0.2, 0.25) is 0 Å². The Morgan fingerprint density at radius 2 is 2.00 bits per heavy atom. The summed E-state index contributed by atoms with van der Waals surface area (Å²) < 4.78 is 1.92. The fourth-order valence-corrected chi connectivity index (χ4v) is 2.32. The molecule has 2 aromatic heterocycles. The third kappa shape index (κ3) is 2.94. The zero-order chi connectivity index (χ0) is 14.9. The maximum Gasteiger partial charge on any atom is 0.152 e. The predicted molar refractivity (Wildman–Crippen MR) is 84.2 cm³/mol. The van der Waals surface area contributed by atoms with Crippen molar-refractivity contribution in [3.8, 4) is 0 Å². The van der Waals surface area contributed by atoms with Crippen LogP contribution < -0.4 is 5.32 Å². The Morgan fingerprint density at radius 1 is 1.30 bits per heavy atom. The van der Waals surface area contributed by atoms with Crippen molar-refractivity contribution in [2.24, 2.45) is 5.92 Å². The zero-order valence-electron chi connectivity index (χ0n) is 13.4. The molecular weight excluding hydrogens is 248 g/mol. The van der Waals surface area contributed by atoms with E-state index < -0.39 is 0 Å². The van der Waals surface area contributed by atoms with Gasteiger partial charge < -0.3 is 5.32 Å². The Morgan fingerprint density at radius 3 is 2.55 bits per heavy atom. The van der Waals surface area contributed by atoms with Crippen LogP contribution in [0.3, 0.4) is 0 Å². The van der Waals surface area contributed by atoms with Crippen LogP contribution in [0.1, 0.15) is 53.7 Å². The minimum atomic E-state index is 0.0471. The summed E-state index contributed by atoms with van der Waals surface area (Å²) in [4.78, 5) is 4.50. The van der Waals surface area contributed by atoms with Crippen molar-refractivity contribution in [2.75, 3.05) is 5.32 Å². The summed E-state index contributed by atoms with van der Waals surface area (Å²) in [6.45, 7) is 13.2. The van der Waals surface area contributed by atoms with E-state index in [9.17, 15) is 0 Å². The first-order valence-corrected chi connectivity index (χ1v) is 7.44. The predicted octanol–water partition coefficient (Wildman–Crippen LogP) is 3.87. The number of aromatic nitrogens is 3. The van der Waals surface area contributed by atoms with E-state index in [-0.39, 0.29) is 5.41 Å². The highest BCUT2D eigenvalue weighted by atomic mass is 15.2. The number of rotatable bonds is 4. The smallest absolute Gasteiger partial charge is 0.152 e. The Balaban J connectivity index is 2.41. The second-order valence-corrected chi connectivity index (χ2v) is 6.79. The van der Waals surface area contributed by atoms with Crippen LogP contribution in [0.5, 0.6) is 0 Å². The molecule has 4 heteroatoms. The van der Waals surface area contributed by atoms with Crippen molar-refractivity contribution in [2.45, 2.75) is 59.4 Å². The molecule has 20 heavy (non-hydrogen) atoms. The lowest BCUT2D eigenvalue weighted by molar-refractivity contribution is 0.510. The summed E-state index contributed by atoms with van der Waals surface area (Å²) >= 11 is 0. The van der Waals surface area contributed by atoms with Gasteiger partial charge in [0, 0.05) is 23.9 Å². The van der Waals surface area contributed by atoms with Gasteiger partial charge in [-0.15, -0.1) is 0 Å². The molecule has 0 saturated carbocycles. The van der Waals surface area contributed by atoms with E-state index in [0.29, 0.717) is 12.0 Å². The first kappa shape index (κ1) is 14.8. The summed E-state index contributed by atoms with van der Waals surface area (Å²) in [5.74, 6) is 1.50. The molecule has 1 N–H and O–H groups in total. The van der Waals surface area contributed by atoms with Gasteiger partial charge in [0.05, 0.1) is 5.69 Å². The number of hydrogen-bond acceptors (Lipinski definition) is 3. The third-order valence-electron chi connectivity index (χ3n) is 3.72. The van der Waals surface area contributed by atoms with Gasteiger partial charge in [-0.3, -0.25) is 0 Å². The Labute approximate surface area is 121 Å². The van der Waals surface area contributed by atoms with Crippen LogP contribution in [0, 0.1) is 5.92 Å². The van der Waals surface area contributed by atoms with E-state index in [4.69, 9.17) is 0 Å². The zero-order valence-corrected chi connectivity index (χ0v) is 13.4. The minimum absolute atomic E-state index is 0.0471. The topological polar surface area (TPSA) is 42.2 Å². The van der Waals surface area contributed by atoms with E-state index in [0.717, 1.165) is 23.4 Å². The van der Waals surface area contributed by atoms with Crippen molar-refractivity contribution in [3.05, 3.63) is 24.2 Å². The molecule has 2 heterocycles. The molecule has 2 aromatic rings. The molecule has 110 valence electrons. The molecule has 2 rings (SSSR count). The summed E-state index contributed by atoms with van der Waals surface area (Å²) in [5, 5.41) is 8.22. The van der Waals surface area contributed by atoms with Gasteiger partial charge in [0.15, 0.2) is 5.82 Å². The average molecular weight is 274 g/mol. The molecule has 0 fully saturated rings. The van der Waals surface area contributed by atoms with E-state index >= 15 is 0 Å². The number of nitrogens with one attached hydrogen (secondary N) is 1. The first-order valence-electron chi connectivity index (χ1n) is 7.44. The summed E-state index contributed by atoms with van der Waals surface area (Å²) in [5.41, 5.74) is 2.19. The van der Waals surface area contributed by atoms with Gasteiger partial charge >= 0.3 is 0 Å². The Bertz CT molecular complexity index is 578. The lowest BCUT2D eigenvalue weighted by Crippen LogP contribution is -2.25. The van der Waals surface area contributed by atoms with Gasteiger partial charge in [0.25, 0.3) is 0 Å². The minimum Gasteiger partial charge on any atom is -0.365 e. The molecule has 0 aliphatic carbocycles. The largest absolute Gasteiger partial charge is 0.365 e. The summed E-state index contributed by atoms with van der Waals surface area (Å²) in [6, 6.07) is 2.57. The van der Waals surface area contributed by atoms with Crippen molar-refractivity contribution in [3.63, 3.8) is 0 Å². The molecule has 0 radical (unpaired) electrons. The highest BCUT2D eigenvalue weighted by Crippen LogP contribution is 2.25. The van der Waals surface area contributed by atoms with Gasteiger partial charge in [-0.1, -0.05) is 41.5 Å². The normalized spacial score (nSPS) is 13.9. The fraction of sp³-hybridized carbons (Fsp3) is 0.625. The van der Waals surface area contributed by atoms with Crippen LogP contribution in [0.2, 0.25) is 0 Å². The summed E-state index contributed by atoms with van der Waals surface area (Å²) in [7, 11) is 0. The molecule has 0 aromatic carbocycles. The van der Waals surface area contributed by atoms with Crippen LogP contribution in [0.25, 0.3) is 5.52 Å². The van der Waals surface area contributed by atoms with Crippen LogP contribution in [0.4, 0.5) is 5.82 Å². The Hall–Kier alpha value is -1.58. The van der Waals surface area contributed by atoms with E-state index in [1.54, 1.807) is 0 Å². The fourth-order valence-electron chi connectivity index (χ4n) is 2.32. The molecular formula is C16H26N4. The highest BCUT2D eigenvalue weighted by Gasteiger charge is 2.20. The van der Waals surface area contributed by atoms with Gasteiger partial charge in [-0.25, -0.2) is 9.50 Å². The number of anilines is 1. The van der Waals surface area contributed by atoms with Crippen LogP contribution in [-0.4, -0.2) is 20.6 Å². The molecule has 0 spiro atoms. The van der Waals surface area contributed by atoms with Crippen molar-refractivity contribution in [1.29, 1.82) is 0 Å². The van der Waals surface area contributed by atoms with Crippen molar-refractivity contribution < 1.29 is 0 Å². The SMILES string of the molecule is CCC(Nc1nccn2nc(C(C)(C)C)cc12)C(C)C. The third-order valence-corrected chi connectivity index (χ3v) is 3.72. The van der Waals surface area contributed by atoms with Crippen LogP contribution in [0.15, 0.2) is 18.5 Å². The quantitative estimate of drug-likeness (QED) is 0.920. The first-order chi connectivity index (χ1) is 9.32. The lowest BCUT2D eigenvalue weighted by atomic mass is 9.92. The number of hydrogen-bond donors (Lipinski definition) is 1. The molecule has 0 aliphatic heterocycles. The molecule has 4 nitrogen and oxygen atoms in total. The molecule has 0 aliphatic rings. The van der Waals surface area contributed by atoms with Crippen molar-refractivity contribution in [1.82, 2.24) is 14.6 Å². The van der Waals surface area contributed by atoms with E-state index in [1.807, 2.05) is 16.9 Å². The molecule has 0 saturated heterocycles. The van der Waals surface area contributed by atoms with Crippen LogP contribution >= 0.6 is 0 Å². The number of nitrogens with zero attached hydrogens (tertiary/aromatic N) is 3. The van der Waals surface area contributed by atoms with E-state index in [2.05, 4.69) is 63.0 Å². The second kappa shape index (κ2) is 5.43. The van der Waals surface area contributed by atoms with Crippen molar-refractivity contribution >= 4 is 11.3 Å². The van der Waals surface area contributed by atoms with Gasteiger partial charge in [-0.05, 0) is 18.4 Å². The maximum absolute atomic E-state index is 4.66. The lowest BCUT2D eigenvalue weighted by Gasteiger charge is -2.21. The standard InChI is InChI=1S/C16H26N4/c1-7-12(11(2)3)18-15-13-10-14(16(4,5)6)19-20(13)9-8-17-15/h8-12H,7H2,1-6H3,(H,17,18). The molecule has 0 amide bonds. The highest BCUT2D eigenvalue weighted by molar-refractivity contribution is 5.68. The molecule has 1 unspecified atom stereocenters. The second-order valence-electron chi connectivity index (χ2n) is 6.79. The van der Waals surface area contributed by atoms with E-state index in [1.165, 1.54) is 0 Å². The average Bonchev–Trinajstić information content (AvgIpc) is 2.79. The summed E-state index contributed by atoms with van der Waals surface area (Å²) in [6.07, 6.45) is 4.80. The maximum atomic E-state index is 4.66. The molecule has 1 atom stereocenters. The van der Waals surface area contributed by atoms with Gasteiger partial charge in [-0.2, -0.15) is 5.10 Å². The van der Waals surface area contributed by atoms with Crippen LogP contribution in [-0.2, 0) is 5.41 Å². The molecule has 0 bridgehead atoms. The Kier molecular flexibility index (Phi) is 4.02. The number of fused-ring (bicyclic) bond motifs is 1. The monoisotopic (exact) mass is 274 g/mol.